The molecule has 0 bridgehead atoms. The number of aromatic nitrogens is 2. The minimum atomic E-state index is 0.235. The Kier molecular flexibility index (Phi) is 3.97. The molecule has 0 unspecified atom stereocenters. The fourth-order valence-electron chi connectivity index (χ4n) is 1.91. The van der Waals surface area contributed by atoms with E-state index in [0.29, 0.717) is 18.9 Å². The molecule has 1 heterocycles. The first-order chi connectivity index (χ1) is 9.11. The van der Waals surface area contributed by atoms with Crippen molar-refractivity contribution in [3.63, 3.8) is 0 Å². The summed E-state index contributed by atoms with van der Waals surface area (Å²) < 4.78 is 0. The van der Waals surface area contributed by atoms with Crippen LogP contribution in [0.5, 0.6) is 5.75 Å². The second-order valence-corrected chi connectivity index (χ2v) is 4.36. The molecule has 5 heteroatoms. The standard InChI is InChI=1S/C14H18N4O/c1-9-13(16-8-7-15)10(2)18-14(17-9)11-3-5-12(19)6-4-11/h3-6,16,19H,7-8,15H2,1-2H3. The van der Waals surface area contributed by atoms with Crippen LogP contribution in [0.3, 0.4) is 0 Å². The molecule has 0 saturated heterocycles. The summed E-state index contributed by atoms with van der Waals surface area (Å²) in [6, 6.07) is 6.86. The summed E-state index contributed by atoms with van der Waals surface area (Å²) in [5.41, 5.74) is 9.09. The molecule has 0 radical (unpaired) electrons. The Morgan fingerprint density at radius 2 is 1.68 bits per heavy atom. The number of benzene rings is 1. The summed E-state index contributed by atoms with van der Waals surface area (Å²) in [6.07, 6.45) is 0. The molecule has 5 nitrogen and oxygen atoms in total. The zero-order valence-electron chi connectivity index (χ0n) is 11.1. The molecule has 100 valence electrons. The van der Waals surface area contributed by atoms with Gasteiger partial charge in [-0.3, -0.25) is 0 Å². The highest BCUT2D eigenvalue weighted by molar-refractivity contribution is 5.61. The van der Waals surface area contributed by atoms with E-state index >= 15 is 0 Å². The number of rotatable bonds is 4. The summed E-state index contributed by atoms with van der Waals surface area (Å²) in [4.78, 5) is 8.98. The molecule has 0 aliphatic carbocycles. The van der Waals surface area contributed by atoms with Crippen LogP contribution in [0, 0.1) is 13.8 Å². The van der Waals surface area contributed by atoms with Crippen LogP contribution in [0.2, 0.25) is 0 Å². The zero-order valence-corrected chi connectivity index (χ0v) is 11.1. The summed E-state index contributed by atoms with van der Waals surface area (Å²) in [6.45, 7) is 5.15. The van der Waals surface area contributed by atoms with Crippen LogP contribution in [-0.2, 0) is 0 Å². The van der Waals surface area contributed by atoms with E-state index in [9.17, 15) is 5.11 Å². The Hall–Kier alpha value is -2.14. The molecule has 1 aromatic heterocycles. The smallest absolute Gasteiger partial charge is 0.159 e. The highest BCUT2D eigenvalue weighted by Crippen LogP contribution is 2.23. The Bertz CT molecular complexity index is 543. The predicted molar refractivity (Wildman–Crippen MR) is 76.2 cm³/mol. The molecule has 2 aromatic rings. The molecule has 19 heavy (non-hydrogen) atoms. The summed E-state index contributed by atoms with van der Waals surface area (Å²) >= 11 is 0. The topological polar surface area (TPSA) is 84.1 Å². The fourth-order valence-corrected chi connectivity index (χ4v) is 1.91. The summed E-state index contributed by atoms with van der Waals surface area (Å²) in [5.74, 6) is 0.895. The van der Waals surface area contributed by atoms with E-state index in [0.717, 1.165) is 22.6 Å². The number of phenolic OH excluding ortho intramolecular Hbond substituents is 1. The Labute approximate surface area is 112 Å². The lowest BCUT2D eigenvalue weighted by molar-refractivity contribution is 0.475. The van der Waals surface area contributed by atoms with Crippen molar-refractivity contribution >= 4 is 5.69 Å². The highest BCUT2D eigenvalue weighted by atomic mass is 16.3. The maximum absolute atomic E-state index is 9.29. The van der Waals surface area contributed by atoms with Crippen LogP contribution in [0.15, 0.2) is 24.3 Å². The van der Waals surface area contributed by atoms with Gasteiger partial charge in [-0.2, -0.15) is 0 Å². The largest absolute Gasteiger partial charge is 0.508 e. The molecule has 0 fully saturated rings. The number of hydrogen-bond donors (Lipinski definition) is 3. The summed E-state index contributed by atoms with van der Waals surface area (Å²) in [5, 5.41) is 12.5. The molecule has 0 amide bonds. The van der Waals surface area contributed by atoms with Crippen molar-refractivity contribution in [2.75, 3.05) is 18.4 Å². The van der Waals surface area contributed by atoms with Crippen molar-refractivity contribution in [2.24, 2.45) is 5.73 Å². The van der Waals surface area contributed by atoms with Gasteiger partial charge in [0.25, 0.3) is 0 Å². The molecule has 2 rings (SSSR count). The number of nitrogens with one attached hydrogen (secondary N) is 1. The molecule has 0 aliphatic rings. The van der Waals surface area contributed by atoms with Crippen LogP contribution in [0.25, 0.3) is 11.4 Å². The zero-order chi connectivity index (χ0) is 13.8. The maximum Gasteiger partial charge on any atom is 0.159 e. The van der Waals surface area contributed by atoms with E-state index < -0.39 is 0 Å². The average molecular weight is 258 g/mol. The van der Waals surface area contributed by atoms with E-state index in [4.69, 9.17) is 5.73 Å². The lowest BCUT2D eigenvalue weighted by Gasteiger charge is -2.12. The first kappa shape index (κ1) is 13.3. The minimum absolute atomic E-state index is 0.235. The number of aromatic hydroxyl groups is 1. The van der Waals surface area contributed by atoms with Crippen LogP contribution < -0.4 is 11.1 Å². The van der Waals surface area contributed by atoms with E-state index in [2.05, 4.69) is 15.3 Å². The van der Waals surface area contributed by atoms with E-state index in [1.165, 1.54) is 0 Å². The van der Waals surface area contributed by atoms with Crippen molar-refractivity contribution in [3.05, 3.63) is 35.7 Å². The summed E-state index contributed by atoms with van der Waals surface area (Å²) in [7, 11) is 0. The van der Waals surface area contributed by atoms with Gasteiger partial charge in [0, 0.05) is 18.7 Å². The van der Waals surface area contributed by atoms with Crippen LogP contribution in [-0.4, -0.2) is 28.2 Å². The molecule has 0 atom stereocenters. The quantitative estimate of drug-likeness (QED) is 0.779. The molecule has 0 spiro atoms. The second-order valence-electron chi connectivity index (χ2n) is 4.36. The molecular weight excluding hydrogens is 240 g/mol. The number of nitrogens with two attached hydrogens (primary N) is 1. The maximum atomic E-state index is 9.29. The average Bonchev–Trinajstić information content (AvgIpc) is 2.38. The molecule has 4 N–H and O–H groups in total. The van der Waals surface area contributed by atoms with Gasteiger partial charge < -0.3 is 16.2 Å². The number of phenols is 1. The van der Waals surface area contributed by atoms with Gasteiger partial charge in [0.1, 0.15) is 5.75 Å². The number of aryl methyl sites for hydroxylation is 2. The van der Waals surface area contributed by atoms with Gasteiger partial charge in [0.2, 0.25) is 0 Å². The van der Waals surface area contributed by atoms with Crippen molar-refractivity contribution < 1.29 is 5.11 Å². The van der Waals surface area contributed by atoms with Gasteiger partial charge >= 0.3 is 0 Å². The van der Waals surface area contributed by atoms with Crippen LogP contribution in [0.1, 0.15) is 11.4 Å². The van der Waals surface area contributed by atoms with Gasteiger partial charge in [0.15, 0.2) is 5.82 Å². The third kappa shape index (κ3) is 3.00. The van der Waals surface area contributed by atoms with E-state index in [1.54, 1.807) is 24.3 Å². The van der Waals surface area contributed by atoms with Crippen LogP contribution in [0.4, 0.5) is 5.69 Å². The highest BCUT2D eigenvalue weighted by Gasteiger charge is 2.09. The van der Waals surface area contributed by atoms with Gasteiger partial charge in [0.05, 0.1) is 17.1 Å². The first-order valence-electron chi connectivity index (χ1n) is 6.20. The molecule has 0 saturated carbocycles. The molecule has 0 aliphatic heterocycles. The monoisotopic (exact) mass is 258 g/mol. The van der Waals surface area contributed by atoms with Gasteiger partial charge in [-0.15, -0.1) is 0 Å². The third-order valence-corrected chi connectivity index (χ3v) is 2.84. The Morgan fingerprint density at radius 1 is 1.11 bits per heavy atom. The van der Waals surface area contributed by atoms with Crippen LogP contribution >= 0.6 is 0 Å². The number of anilines is 1. The third-order valence-electron chi connectivity index (χ3n) is 2.84. The lowest BCUT2D eigenvalue weighted by atomic mass is 10.2. The van der Waals surface area contributed by atoms with Crippen molar-refractivity contribution in [1.29, 1.82) is 0 Å². The fraction of sp³-hybridized carbons (Fsp3) is 0.286. The molecular formula is C14H18N4O. The minimum Gasteiger partial charge on any atom is -0.508 e. The predicted octanol–water partition coefficient (Wildman–Crippen LogP) is 1.84. The first-order valence-corrected chi connectivity index (χ1v) is 6.20. The Balaban J connectivity index is 2.36. The lowest BCUT2D eigenvalue weighted by Crippen LogP contribution is -2.15. The van der Waals surface area contributed by atoms with Crippen molar-refractivity contribution in [1.82, 2.24) is 9.97 Å². The molecule has 1 aromatic carbocycles. The van der Waals surface area contributed by atoms with Gasteiger partial charge in [-0.1, -0.05) is 0 Å². The van der Waals surface area contributed by atoms with E-state index in [-0.39, 0.29) is 5.75 Å². The Morgan fingerprint density at radius 3 is 2.21 bits per heavy atom. The normalized spacial score (nSPS) is 10.5. The number of hydrogen-bond acceptors (Lipinski definition) is 5. The van der Waals surface area contributed by atoms with Gasteiger partial charge in [-0.05, 0) is 38.1 Å². The van der Waals surface area contributed by atoms with Crippen molar-refractivity contribution in [3.8, 4) is 17.1 Å². The van der Waals surface area contributed by atoms with Gasteiger partial charge in [-0.25, -0.2) is 9.97 Å². The second kappa shape index (κ2) is 5.67. The van der Waals surface area contributed by atoms with Crippen molar-refractivity contribution in [2.45, 2.75) is 13.8 Å². The number of nitrogens with zero attached hydrogens (tertiary/aromatic N) is 2. The SMILES string of the molecule is Cc1nc(-c2ccc(O)cc2)nc(C)c1NCCN. The van der Waals surface area contributed by atoms with E-state index in [1.807, 2.05) is 13.8 Å².